The minimum absolute atomic E-state index is 0.0577. The van der Waals surface area contributed by atoms with Crippen molar-refractivity contribution in [3.63, 3.8) is 0 Å². The predicted octanol–water partition coefficient (Wildman–Crippen LogP) is 21.7. The van der Waals surface area contributed by atoms with Crippen molar-refractivity contribution in [3.05, 3.63) is 231 Å². The number of hydrogen-bond acceptors (Lipinski definition) is 16. The molecule has 0 radical (unpaired) electrons. The van der Waals surface area contributed by atoms with E-state index in [0.717, 1.165) is 195 Å². The van der Waals surface area contributed by atoms with Crippen molar-refractivity contribution in [1.29, 1.82) is 0 Å². The third kappa shape index (κ3) is 43.8. The maximum absolute atomic E-state index is 10.9. The van der Waals surface area contributed by atoms with E-state index in [1.54, 1.807) is 14.0 Å². The summed E-state index contributed by atoms with van der Waals surface area (Å²) in [6.07, 6.45) is 8.46. The molecule has 133 heavy (non-hydrogen) atoms. The Bertz CT molecular complexity index is 4310. The molecule has 18 heteroatoms. The number of carbonyl (C=O) groups excluding carboxylic acids is 1. The number of nitrogens with zero attached hydrogens (tertiary/aromatic N) is 6. The van der Waals surface area contributed by atoms with Crippen molar-refractivity contribution in [2.45, 2.75) is 305 Å². The number of carboxylic acid groups (broad SMARTS) is 1. The largest absolute Gasteiger partial charge is 0.494 e. The maximum Gasteiger partial charge on any atom is 0.303 e. The third-order valence-electron chi connectivity index (χ3n) is 26.0. The zero-order valence-electron chi connectivity index (χ0n) is 87.8. The molecular weight excluding hydrogens is 1650 g/mol. The van der Waals surface area contributed by atoms with Crippen LogP contribution in [-0.4, -0.2) is 229 Å². The number of benzene rings is 7. The lowest BCUT2D eigenvalue weighted by atomic mass is 9.84. The van der Waals surface area contributed by atoms with Crippen molar-refractivity contribution in [1.82, 2.24) is 40.0 Å². The van der Waals surface area contributed by atoms with Crippen LogP contribution in [0, 0.1) is 0 Å². The van der Waals surface area contributed by atoms with Crippen LogP contribution >= 0.6 is 0 Å². The van der Waals surface area contributed by atoms with Gasteiger partial charge in [0.15, 0.2) is 0 Å². The maximum atomic E-state index is 10.9. The lowest BCUT2D eigenvalue weighted by Crippen LogP contribution is -2.47. The van der Waals surface area contributed by atoms with Gasteiger partial charge in [0.2, 0.25) is 5.91 Å². The van der Waals surface area contributed by atoms with E-state index < -0.39 is 5.97 Å². The van der Waals surface area contributed by atoms with Crippen LogP contribution in [0.1, 0.15) is 285 Å². The fourth-order valence-electron chi connectivity index (χ4n) is 17.3. The fourth-order valence-corrected chi connectivity index (χ4v) is 17.3. The Labute approximate surface area is 808 Å². The van der Waals surface area contributed by atoms with E-state index in [9.17, 15) is 9.59 Å². The number of methoxy groups -OCH3 is 1. The smallest absolute Gasteiger partial charge is 0.303 e. The second-order valence-corrected chi connectivity index (χ2v) is 45.3. The molecule has 6 saturated heterocycles. The Hall–Kier alpha value is -7.56. The van der Waals surface area contributed by atoms with Crippen LogP contribution in [0.4, 0.5) is 11.4 Å². The summed E-state index contributed by atoms with van der Waals surface area (Å²) < 4.78 is 21.8. The van der Waals surface area contributed by atoms with Crippen LogP contribution in [-0.2, 0) is 81.3 Å². The molecule has 7 N–H and O–H groups in total. The minimum Gasteiger partial charge on any atom is -0.494 e. The molecule has 13 rings (SSSR count). The third-order valence-corrected chi connectivity index (χ3v) is 26.0. The first kappa shape index (κ1) is 112. The molecule has 1 amide bonds. The molecule has 6 heterocycles. The van der Waals surface area contributed by atoms with Gasteiger partial charge in [-0.25, -0.2) is 0 Å². The summed E-state index contributed by atoms with van der Waals surface area (Å²) in [6, 6.07) is 63.1. The van der Waals surface area contributed by atoms with E-state index in [-0.39, 0.29) is 50.2 Å². The molecule has 18 nitrogen and oxygen atoms in total. The standard InChI is InChI=1S/C19H31N3O.C19H30N2O2.C17H29N3.C17H27NO.C15H24N2.C14H22O2.C14H20O/c1-16(23)20-8-9-21-10-12-22(13-11-21)15-17-6-5-7-18(14-17)19(2,3)4;1-19(2,3)17-7-4-6-16(14-17)15-21-12-10-20(11-13-21)9-5-8-18(22)23;1-17(2,3)16-6-4-5-15(13-16)14-20-11-9-19(8-7-18)10-12-20;1-12-9-16(10-13(2)19-12)18-15-8-6-7-14(11-15)17(3,4)5;1-15(2,3)12-4-6-13(7-5-12)17-14-8-10-16-11-9-14;1-14(2,3)12-6-8-13(9-7-12)16-11-5-10-15-4;1-14(2,3)13-6-4-5-11(9-13)12-7-8-15-10-12/h5-7,14H,8-13,15H2,1-4H3,(H,20,23);4,6-7,14H,5,8-13,15H2,1-3H3,(H,22,23);4-6,13H,7-12,14,18H2,1-3H3;6-8,11-13,16,18H,9-10H2,1-5H3;4-7,14,16-17H,8-11H2,1-3H3;6-9H,5,10-11H2,1-4H3;4-6,9,12H,7-8,10H2,1-3H3. The number of piperazine rings is 3. The summed E-state index contributed by atoms with van der Waals surface area (Å²) in [5, 5.41) is 22.3. The second-order valence-electron chi connectivity index (χ2n) is 45.3. The van der Waals surface area contributed by atoms with Crippen LogP contribution in [0.25, 0.3) is 0 Å². The van der Waals surface area contributed by atoms with E-state index in [1.165, 1.54) is 91.8 Å². The number of amides is 1. The van der Waals surface area contributed by atoms with Gasteiger partial charge in [0.1, 0.15) is 5.75 Å². The summed E-state index contributed by atoms with van der Waals surface area (Å²) in [4.78, 5) is 36.3. The number of aliphatic carboxylic acids is 1. The Morgan fingerprint density at radius 1 is 0.436 bits per heavy atom. The molecule has 6 aliphatic heterocycles. The van der Waals surface area contributed by atoms with E-state index >= 15 is 0 Å². The Morgan fingerprint density at radius 3 is 1.23 bits per heavy atom. The topological polar surface area (TPSA) is 185 Å². The lowest BCUT2D eigenvalue weighted by molar-refractivity contribution is -0.137. The van der Waals surface area contributed by atoms with Crippen molar-refractivity contribution in [3.8, 4) is 5.75 Å². The van der Waals surface area contributed by atoms with Gasteiger partial charge in [-0.3, -0.25) is 34.1 Å². The zero-order valence-corrected chi connectivity index (χ0v) is 87.8. The van der Waals surface area contributed by atoms with Gasteiger partial charge in [-0.05, 0) is 208 Å². The summed E-state index contributed by atoms with van der Waals surface area (Å²) in [5.74, 6) is 0.918. The van der Waals surface area contributed by atoms with E-state index in [1.807, 2.05) is 12.1 Å². The van der Waals surface area contributed by atoms with Crippen LogP contribution in [0.15, 0.2) is 170 Å². The second kappa shape index (κ2) is 55.1. The molecule has 740 valence electrons. The molecule has 0 bridgehead atoms. The Kier molecular flexibility index (Phi) is 46.6. The van der Waals surface area contributed by atoms with Gasteiger partial charge in [-0.2, -0.15) is 0 Å². The number of anilines is 2. The molecular formula is C115H183N11O7. The SMILES string of the molecule is CC(=O)NCCN1CCN(Cc2cccc(C(C)(C)C)c2)CC1.CC(C)(C)c1ccc(NC2CCNCC2)cc1.CC(C)(C)c1cccc(C2CCOC2)c1.CC(C)(C)c1cccc(CN2CCN(CCCC(=O)O)CC2)c1.CC(C)(C)c1cccc(CN2CCN(CCN)CC2)c1.CC1CC(Nc2cccc(C(C)(C)C)c2)CC(C)O1.COCCCOc1ccc(C(C)(C)C)cc1. The minimum atomic E-state index is -0.692. The number of hydrogen-bond donors (Lipinski definition) is 6. The number of carbonyl (C=O) groups is 2. The molecule has 0 saturated carbocycles. The summed E-state index contributed by atoms with van der Waals surface area (Å²) >= 11 is 0. The first-order valence-electron chi connectivity index (χ1n) is 50.5. The molecule has 6 aliphatic rings. The average Bonchev–Trinajstić information content (AvgIpc) is 1.82. The summed E-state index contributed by atoms with van der Waals surface area (Å²) in [6.45, 7) is 79.4. The number of nitrogens with one attached hydrogen (secondary N) is 4. The number of nitrogens with two attached hydrogens (primary N) is 1. The highest BCUT2D eigenvalue weighted by molar-refractivity contribution is 5.72. The van der Waals surface area contributed by atoms with Gasteiger partial charge in [-0.15, -0.1) is 0 Å². The Balaban J connectivity index is 0.000000213. The first-order chi connectivity index (χ1) is 62.7. The van der Waals surface area contributed by atoms with E-state index in [2.05, 4.69) is 368 Å². The van der Waals surface area contributed by atoms with Crippen LogP contribution in [0.3, 0.4) is 0 Å². The quantitative estimate of drug-likeness (QED) is 0.0297. The molecule has 6 fully saturated rings. The molecule has 3 unspecified atom stereocenters. The number of ether oxygens (including phenoxy) is 4. The molecule has 0 spiro atoms. The highest BCUT2D eigenvalue weighted by Crippen LogP contribution is 2.34. The normalized spacial score (nSPS) is 18.9. The average molecular weight is 1830 g/mol. The fraction of sp³-hybridized carbons (Fsp3) is 0.617. The predicted molar refractivity (Wildman–Crippen MR) is 562 cm³/mol. The van der Waals surface area contributed by atoms with E-state index in [4.69, 9.17) is 29.8 Å². The molecule has 0 aliphatic carbocycles. The van der Waals surface area contributed by atoms with Crippen LogP contribution in [0.5, 0.6) is 5.75 Å². The summed E-state index contributed by atoms with van der Waals surface area (Å²) in [7, 11) is 1.71. The molecule has 7 aromatic carbocycles. The van der Waals surface area contributed by atoms with Crippen molar-refractivity contribution >= 4 is 23.3 Å². The van der Waals surface area contributed by atoms with Gasteiger partial charge in [0.05, 0.1) is 25.4 Å². The highest BCUT2D eigenvalue weighted by Gasteiger charge is 2.28. The van der Waals surface area contributed by atoms with Gasteiger partial charge >= 0.3 is 5.97 Å². The van der Waals surface area contributed by atoms with Gasteiger partial charge < -0.3 is 56.0 Å². The van der Waals surface area contributed by atoms with Gasteiger partial charge in [0, 0.05) is 194 Å². The molecule has 7 aromatic rings. The van der Waals surface area contributed by atoms with Crippen molar-refractivity contribution in [2.75, 3.05) is 169 Å². The molecule has 3 atom stereocenters. The zero-order chi connectivity index (χ0) is 97.6. The van der Waals surface area contributed by atoms with E-state index in [0.29, 0.717) is 36.8 Å². The van der Waals surface area contributed by atoms with Crippen LogP contribution in [0.2, 0.25) is 0 Å². The number of piperidine rings is 1. The van der Waals surface area contributed by atoms with Crippen LogP contribution < -0.4 is 31.7 Å². The lowest BCUT2D eigenvalue weighted by Gasteiger charge is -2.34. The first-order valence-corrected chi connectivity index (χ1v) is 50.5. The van der Waals surface area contributed by atoms with Crippen molar-refractivity contribution in [2.24, 2.45) is 5.73 Å². The summed E-state index contributed by atoms with van der Waals surface area (Å²) in [5.41, 5.74) is 25.1. The number of carboxylic acids is 1. The van der Waals surface area contributed by atoms with Gasteiger partial charge in [0.25, 0.3) is 0 Å². The highest BCUT2D eigenvalue weighted by atomic mass is 16.5. The number of rotatable bonds is 25. The van der Waals surface area contributed by atoms with Crippen molar-refractivity contribution < 1.29 is 33.6 Å². The van der Waals surface area contributed by atoms with Gasteiger partial charge in [-0.1, -0.05) is 279 Å². The Morgan fingerprint density at radius 2 is 0.827 bits per heavy atom. The molecule has 0 aromatic heterocycles. The monoisotopic (exact) mass is 1830 g/mol.